The number of ether oxygens (including phenoxy) is 1. The summed E-state index contributed by atoms with van der Waals surface area (Å²) in [7, 11) is 0. The second-order valence-electron chi connectivity index (χ2n) is 3.82. The minimum atomic E-state index is -0.665. The zero-order chi connectivity index (χ0) is 9.26. The number of carbonyl (C=O) groups is 1. The number of hydrogen-bond donors (Lipinski definition) is 2. The Hall–Kier alpha value is -0.610. The molecule has 0 amide bonds. The molecule has 4 heteroatoms. The van der Waals surface area contributed by atoms with Gasteiger partial charge < -0.3 is 15.2 Å². The second kappa shape index (κ2) is 3.64. The van der Waals surface area contributed by atoms with Crippen molar-refractivity contribution in [1.29, 1.82) is 0 Å². The summed E-state index contributed by atoms with van der Waals surface area (Å²) in [6.45, 7) is 2.20. The molecule has 0 saturated carbocycles. The molecule has 2 saturated heterocycles. The highest BCUT2D eigenvalue weighted by Gasteiger charge is 2.38. The Morgan fingerprint density at radius 3 is 3.08 bits per heavy atom. The fourth-order valence-electron chi connectivity index (χ4n) is 2.35. The van der Waals surface area contributed by atoms with Crippen LogP contribution < -0.4 is 5.32 Å². The van der Waals surface area contributed by atoms with E-state index >= 15 is 0 Å². The van der Waals surface area contributed by atoms with Crippen molar-refractivity contribution in [3.8, 4) is 0 Å². The first-order valence-electron chi connectivity index (χ1n) is 4.83. The molecular formula is C9H15NO3. The normalized spacial score (nSPS) is 39.5. The summed E-state index contributed by atoms with van der Waals surface area (Å²) in [6, 6.07) is 0.364. The van der Waals surface area contributed by atoms with E-state index in [1.54, 1.807) is 0 Å². The van der Waals surface area contributed by atoms with Gasteiger partial charge in [-0.2, -0.15) is 0 Å². The molecular weight excluding hydrogens is 170 g/mol. The zero-order valence-corrected chi connectivity index (χ0v) is 7.53. The third-order valence-corrected chi connectivity index (χ3v) is 3.10. The van der Waals surface area contributed by atoms with Gasteiger partial charge in [0.2, 0.25) is 0 Å². The Morgan fingerprint density at radius 1 is 1.46 bits per heavy atom. The Bertz CT molecular complexity index is 205. The van der Waals surface area contributed by atoms with Gasteiger partial charge in [-0.25, -0.2) is 0 Å². The van der Waals surface area contributed by atoms with Crippen molar-refractivity contribution in [2.45, 2.75) is 18.9 Å². The van der Waals surface area contributed by atoms with Gasteiger partial charge in [0.05, 0.1) is 12.5 Å². The summed E-state index contributed by atoms with van der Waals surface area (Å²) >= 11 is 0. The van der Waals surface area contributed by atoms with E-state index in [1.807, 2.05) is 0 Å². The van der Waals surface area contributed by atoms with Crippen LogP contribution in [0.2, 0.25) is 0 Å². The highest BCUT2D eigenvalue weighted by Crippen LogP contribution is 2.28. The van der Waals surface area contributed by atoms with Crippen molar-refractivity contribution >= 4 is 5.97 Å². The van der Waals surface area contributed by atoms with Crippen LogP contribution in [-0.2, 0) is 9.53 Å². The monoisotopic (exact) mass is 185 g/mol. The van der Waals surface area contributed by atoms with Crippen molar-refractivity contribution in [3.05, 3.63) is 0 Å². The van der Waals surface area contributed by atoms with E-state index in [4.69, 9.17) is 9.84 Å². The van der Waals surface area contributed by atoms with Crippen LogP contribution in [0.1, 0.15) is 12.8 Å². The lowest BCUT2D eigenvalue weighted by Crippen LogP contribution is -2.52. The maximum Gasteiger partial charge on any atom is 0.306 e. The molecule has 3 unspecified atom stereocenters. The molecule has 2 fully saturated rings. The summed E-state index contributed by atoms with van der Waals surface area (Å²) in [6.07, 6.45) is 1.69. The molecule has 0 spiro atoms. The van der Waals surface area contributed by atoms with Crippen molar-refractivity contribution < 1.29 is 14.6 Å². The molecule has 2 rings (SSSR count). The summed E-state index contributed by atoms with van der Waals surface area (Å²) in [5.41, 5.74) is 0. The van der Waals surface area contributed by atoms with Gasteiger partial charge in [-0.1, -0.05) is 0 Å². The van der Waals surface area contributed by atoms with Crippen LogP contribution in [0, 0.1) is 11.8 Å². The SMILES string of the molecule is O=C(O)C1CCNC2CCOCC21. The number of carboxylic acid groups (broad SMARTS) is 1. The quantitative estimate of drug-likeness (QED) is 0.607. The summed E-state index contributed by atoms with van der Waals surface area (Å²) < 4.78 is 5.32. The molecule has 0 aromatic rings. The van der Waals surface area contributed by atoms with Crippen molar-refractivity contribution in [2.24, 2.45) is 11.8 Å². The van der Waals surface area contributed by atoms with Crippen molar-refractivity contribution in [3.63, 3.8) is 0 Å². The Balaban J connectivity index is 2.06. The summed E-state index contributed by atoms with van der Waals surface area (Å²) in [5, 5.41) is 12.4. The van der Waals surface area contributed by atoms with Gasteiger partial charge in [0.25, 0.3) is 0 Å². The molecule has 0 aromatic carbocycles. The van der Waals surface area contributed by atoms with E-state index in [2.05, 4.69) is 5.32 Å². The largest absolute Gasteiger partial charge is 0.481 e. The van der Waals surface area contributed by atoms with Gasteiger partial charge in [0.1, 0.15) is 0 Å². The number of hydrogen-bond acceptors (Lipinski definition) is 3. The van der Waals surface area contributed by atoms with Crippen LogP contribution in [-0.4, -0.2) is 36.9 Å². The van der Waals surface area contributed by atoms with Gasteiger partial charge in [-0.05, 0) is 19.4 Å². The first-order valence-corrected chi connectivity index (χ1v) is 4.83. The molecule has 0 radical (unpaired) electrons. The van der Waals surface area contributed by atoms with Crippen LogP contribution in [0.5, 0.6) is 0 Å². The standard InChI is InChI=1S/C9H15NO3/c11-9(12)6-1-3-10-8-2-4-13-5-7(6)8/h6-8,10H,1-5H2,(H,11,12). The van der Waals surface area contributed by atoms with Gasteiger partial charge in [0.15, 0.2) is 0 Å². The van der Waals surface area contributed by atoms with E-state index in [0.717, 1.165) is 26.0 Å². The highest BCUT2D eigenvalue weighted by atomic mass is 16.5. The lowest BCUT2D eigenvalue weighted by Gasteiger charge is -2.39. The number of aliphatic carboxylic acids is 1. The summed E-state index contributed by atoms with van der Waals surface area (Å²) in [4.78, 5) is 10.9. The van der Waals surface area contributed by atoms with Crippen LogP contribution in [0.25, 0.3) is 0 Å². The average molecular weight is 185 g/mol. The summed E-state index contributed by atoms with van der Waals surface area (Å²) in [5.74, 6) is -0.687. The van der Waals surface area contributed by atoms with Crippen LogP contribution >= 0.6 is 0 Å². The number of carboxylic acids is 1. The van der Waals surface area contributed by atoms with E-state index in [9.17, 15) is 4.79 Å². The van der Waals surface area contributed by atoms with E-state index < -0.39 is 5.97 Å². The zero-order valence-electron chi connectivity index (χ0n) is 7.53. The Morgan fingerprint density at radius 2 is 2.31 bits per heavy atom. The highest BCUT2D eigenvalue weighted by molar-refractivity contribution is 5.70. The van der Waals surface area contributed by atoms with Crippen molar-refractivity contribution in [2.75, 3.05) is 19.8 Å². The molecule has 2 aliphatic heterocycles. The first-order chi connectivity index (χ1) is 6.29. The molecule has 2 aliphatic rings. The molecule has 0 aliphatic carbocycles. The van der Waals surface area contributed by atoms with Gasteiger partial charge in [-0.15, -0.1) is 0 Å². The van der Waals surface area contributed by atoms with Crippen LogP contribution in [0.4, 0.5) is 0 Å². The molecule has 4 nitrogen and oxygen atoms in total. The lowest BCUT2D eigenvalue weighted by molar-refractivity contribution is -0.148. The predicted octanol–water partition coefficient (Wildman–Crippen LogP) is 0.0856. The van der Waals surface area contributed by atoms with Crippen LogP contribution in [0.15, 0.2) is 0 Å². The van der Waals surface area contributed by atoms with Crippen molar-refractivity contribution in [1.82, 2.24) is 5.32 Å². The third kappa shape index (κ3) is 1.69. The third-order valence-electron chi connectivity index (χ3n) is 3.10. The van der Waals surface area contributed by atoms with Gasteiger partial charge in [-0.3, -0.25) is 4.79 Å². The van der Waals surface area contributed by atoms with Gasteiger partial charge in [0, 0.05) is 18.6 Å². The molecule has 2 N–H and O–H groups in total. The number of nitrogens with one attached hydrogen (secondary N) is 1. The molecule has 2 heterocycles. The molecule has 13 heavy (non-hydrogen) atoms. The van der Waals surface area contributed by atoms with E-state index in [1.165, 1.54) is 0 Å². The minimum absolute atomic E-state index is 0.181. The Kier molecular flexibility index (Phi) is 2.51. The first kappa shape index (κ1) is 8.97. The van der Waals surface area contributed by atoms with Gasteiger partial charge >= 0.3 is 5.97 Å². The molecule has 0 bridgehead atoms. The maximum absolute atomic E-state index is 10.9. The second-order valence-corrected chi connectivity index (χ2v) is 3.82. The average Bonchev–Trinajstić information content (AvgIpc) is 2.17. The fourth-order valence-corrected chi connectivity index (χ4v) is 2.35. The molecule has 3 atom stereocenters. The Labute approximate surface area is 77.3 Å². The van der Waals surface area contributed by atoms with E-state index in [0.29, 0.717) is 12.6 Å². The predicted molar refractivity (Wildman–Crippen MR) is 46.5 cm³/mol. The van der Waals surface area contributed by atoms with E-state index in [-0.39, 0.29) is 11.8 Å². The number of rotatable bonds is 1. The molecule has 0 aromatic heterocycles. The maximum atomic E-state index is 10.9. The number of piperidine rings is 1. The minimum Gasteiger partial charge on any atom is -0.481 e. The topological polar surface area (TPSA) is 58.6 Å². The fraction of sp³-hybridized carbons (Fsp3) is 0.889. The lowest BCUT2D eigenvalue weighted by atomic mass is 9.79. The smallest absolute Gasteiger partial charge is 0.306 e. The van der Waals surface area contributed by atoms with Crippen LogP contribution in [0.3, 0.4) is 0 Å². The molecule has 74 valence electrons. The number of fused-ring (bicyclic) bond motifs is 1.